The first-order valence-corrected chi connectivity index (χ1v) is 6.97. The molecule has 0 aliphatic carbocycles. The van der Waals surface area contributed by atoms with Crippen LogP contribution in [0.15, 0.2) is 24.3 Å². The Kier molecular flexibility index (Phi) is 10.4. The molecule has 124 valence electrons. The number of hydrogen-bond donors (Lipinski definition) is 4. The fourth-order valence-corrected chi connectivity index (χ4v) is 1.46. The number of rotatable bonds is 7. The summed E-state index contributed by atoms with van der Waals surface area (Å²) in [5.74, 6) is -2.78. The van der Waals surface area contributed by atoms with E-state index in [4.69, 9.17) is 35.4 Å². The first-order chi connectivity index (χ1) is 10.4. The molecule has 0 saturated carbocycles. The van der Waals surface area contributed by atoms with Crippen LogP contribution in [-0.2, 0) is 9.59 Å². The number of aliphatic carboxylic acids is 2. The highest BCUT2D eigenvalue weighted by atomic mass is 16.5. The zero-order valence-corrected chi connectivity index (χ0v) is 12.6. The van der Waals surface area contributed by atoms with E-state index in [-0.39, 0.29) is 12.6 Å². The zero-order valence-electron chi connectivity index (χ0n) is 12.6. The van der Waals surface area contributed by atoms with Crippen molar-refractivity contribution in [2.75, 3.05) is 13.2 Å². The van der Waals surface area contributed by atoms with Gasteiger partial charge in [-0.05, 0) is 24.1 Å². The average Bonchev–Trinajstić information content (AvgIpc) is 2.52. The molecular weight excluding hydrogens is 290 g/mol. The summed E-state index contributed by atoms with van der Waals surface area (Å²) in [6.45, 7) is 2.90. The predicted molar refractivity (Wildman–Crippen MR) is 80.7 cm³/mol. The standard InChI is InChI=1S/C13H21NO2.C2H2O4/c1-2-3-4-9-16-12-7-5-11(6-8-12)13(14)10-15;3-1(4)2(5)6/h5-8,13,15H,2-4,9-10,14H2,1H3;(H,3,4)(H,5,6). The highest BCUT2D eigenvalue weighted by molar-refractivity contribution is 6.27. The first kappa shape index (κ1) is 19.9. The van der Waals surface area contributed by atoms with Gasteiger partial charge in [-0.1, -0.05) is 31.9 Å². The van der Waals surface area contributed by atoms with Gasteiger partial charge in [-0.25, -0.2) is 9.59 Å². The van der Waals surface area contributed by atoms with Crippen LogP contribution >= 0.6 is 0 Å². The van der Waals surface area contributed by atoms with Gasteiger partial charge in [0.1, 0.15) is 5.75 Å². The molecule has 0 saturated heterocycles. The number of carbonyl (C=O) groups is 2. The van der Waals surface area contributed by atoms with Gasteiger partial charge in [-0.3, -0.25) is 0 Å². The molecule has 0 aromatic heterocycles. The quantitative estimate of drug-likeness (QED) is 0.442. The molecule has 1 aromatic carbocycles. The number of aliphatic hydroxyl groups is 1. The Hall–Kier alpha value is -2.12. The number of aliphatic hydroxyl groups excluding tert-OH is 1. The SMILES string of the molecule is CCCCCOc1ccc(C(N)CO)cc1.O=C(O)C(=O)O. The van der Waals surface area contributed by atoms with Crippen molar-refractivity contribution < 1.29 is 29.6 Å². The summed E-state index contributed by atoms with van der Waals surface area (Å²) in [7, 11) is 0. The molecule has 0 radical (unpaired) electrons. The second-order valence-corrected chi connectivity index (χ2v) is 4.52. The predicted octanol–water partition coefficient (Wildman–Crippen LogP) is 1.40. The van der Waals surface area contributed by atoms with Crippen molar-refractivity contribution in [3.63, 3.8) is 0 Å². The number of carboxylic acid groups (broad SMARTS) is 2. The Morgan fingerprint density at radius 2 is 1.68 bits per heavy atom. The molecule has 0 fully saturated rings. The Morgan fingerprint density at radius 3 is 2.09 bits per heavy atom. The van der Waals surface area contributed by atoms with Crippen molar-refractivity contribution in [1.82, 2.24) is 0 Å². The Balaban J connectivity index is 0.000000626. The molecule has 0 aliphatic heterocycles. The molecular formula is C15H23NO6. The maximum absolute atomic E-state index is 9.10. The Bertz CT molecular complexity index is 434. The maximum Gasteiger partial charge on any atom is 0.414 e. The summed E-state index contributed by atoms with van der Waals surface area (Å²) in [5, 5.41) is 23.7. The third-order valence-electron chi connectivity index (χ3n) is 2.70. The smallest absolute Gasteiger partial charge is 0.414 e. The van der Waals surface area contributed by atoms with Gasteiger partial charge in [-0.2, -0.15) is 0 Å². The van der Waals surface area contributed by atoms with Crippen LogP contribution in [0, 0.1) is 0 Å². The van der Waals surface area contributed by atoms with Crippen LogP contribution in [-0.4, -0.2) is 40.5 Å². The number of nitrogens with two attached hydrogens (primary N) is 1. The lowest BCUT2D eigenvalue weighted by atomic mass is 10.1. The van der Waals surface area contributed by atoms with Crippen molar-refractivity contribution in [2.24, 2.45) is 5.73 Å². The van der Waals surface area contributed by atoms with E-state index in [9.17, 15) is 0 Å². The monoisotopic (exact) mass is 313 g/mol. The van der Waals surface area contributed by atoms with Gasteiger partial charge in [0.15, 0.2) is 0 Å². The fraction of sp³-hybridized carbons (Fsp3) is 0.467. The van der Waals surface area contributed by atoms with Gasteiger partial charge >= 0.3 is 11.9 Å². The molecule has 7 heteroatoms. The lowest BCUT2D eigenvalue weighted by Gasteiger charge is -2.10. The normalized spacial score (nSPS) is 11.0. The van der Waals surface area contributed by atoms with Crippen molar-refractivity contribution in [3.05, 3.63) is 29.8 Å². The van der Waals surface area contributed by atoms with Crippen molar-refractivity contribution in [2.45, 2.75) is 32.2 Å². The molecule has 22 heavy (non-hydrogen) atoms. The fourth-order valence-electron chi connectivity index (χ4n) is 1.46. The lowest BCUT2D eigenvalue weighted by Crippen LogP contribution is -2.14. The van der Waals surface area contributed by atoms with Crippen LogP contribution in [0.2, 0.25) is 0 Å². The minimum atomic E-state index is -1.82. The minimum absolute atomic E-state index is 0.0310. The van der Waals surface area contributed by atoms with Gasteiger partial charge in [0.25, 0.3) is 0 Å². The molecule has 1 atom stereocenters. The zero-order chi connectivity index (χ0) is 17.0. The topological polar surface area (TPSA) is 130 Å². The van der Waals surface area contributed by atoms with Crippen molar-refractivity contribution in [1.29, 1.82) is 0 Å². The van der Waals surface area contributed by atoms with Crippen molar-refractivity contribution in [3.8, 4) is 5.75 Å². The van der Waals surface area contributed by atoms with Gasteiger partial charge in [-0.15, -0.1) is 0 Å². The van der Waals surface area contributed by atoms with Gasteiger partial charge in [0.2, 0.25) is 0 Å². The second-order valence-electron chi connectivity index (χ2n) is 4.52. The molecule has 7 nitrogen and oxygen atoms in total. The molecule has 0 spiro atoms. The Labute approximate surface area is 129 Å². The molecule has 1 aromatic rings. The van der Waals surface area contributed by atoms with Crippen LogP contribution in [0.3, 0.4) is 0 Å². The van der Waals surface area contributed by atoms with E-state index >= 15 is 0 Å². The summed E-state index contributed by atoms with van der Waals surface area (Å²) in [5.41, 5.74) is 6.63. The van der Waals surface area contributed by atoms with Crippen LogP contribution in [0.4, 0.5) is 0 Å². The van der Waals surface area contributed by atoms with E-state index in [0.29, 0.717) is 0 Å². The van der Waals surface area contributed by atoms with E-state index in [1.165, 1.54) is 12.8 Å². The number of hydrogen-bond acceptors (Lipinski definition) is 5. The summed E-state index contributed by atoms with van der Waals surface area (Å²) < 4.78 is 5.57. The van der Waals surface area contributed by atoms with E-state index in [1.54, 1.807) is 0 Å². The third-order valence-corrected chi connectivity index (χ3v) is 2.70. The third kappa shape index (κ3) is 8.93. The summed E-state index contributed by atoms with van der Waals surface area (Å²) >= 11 is 0. The molecule has 0 heterocycles. The molecule has 1 rings (SSSR count). The van der Waals surface area contributed by atoms with Crippen LogP contribution in [0.25, 0.3) is 0 Å². The van der Waals surface area contributed by atoms with E-state index in [1.807, 2.05) is 24.3 Å². The number of unbranched alkanes of at least 4 members (excludes halogenated alkanes) is 2. The van der Waals surface area contributed by atoms with Crippen LogP contribution < -0.4 is 10.5 Å². The van der Waals surface area contributed by atoms with Gasteiger partial charge in [0.05, 0.1) is 19.3 Å². The van der Waals surface area contributed by atoms with E-state index in [0.717, 1.165) is 24.3 Å². The summed E-state index contributed by atoms with van der Waals surface area (Å²) in [4.78, 5) is 18.2. The Morgan fingerprint density at radius 1 is 1.14 bits per heavy atom. The molecule has 0 bridgehead atoms. The average molecular weight is 313 g/mol. The maximum atomic E-state index is 9.10. The summed E-state index contributed by atoms with van der Waals surface area (Å²) in [6.07, 6.45) is 3.50. The largest absolute Gasteiger partial charge is 0.494 e. The summed E-state index contributed by atoms with van der Waals surface area (Å²) in [6, 6.07) is 7.30. The molecule has 0 aliphatic rings. The highest BCUT2D eigenvalue weighted by Crippen LogP contribution is 2.16. The number of benzene rings is 1. The minimum Gasteiger partial charge on any atom is -0.494 e. The van der Waals surface area contributed by atoms with E-state index < -0.39 is 11.9 Å². The molecule has 1 unspecified atom stereocenters. The van der Waals surface area contributed by atoms with Crippen LogP contribution in [0.5, 0.6) is 5.75 Å². The van der Waals surface area contributed by atoms with Crippen molar-refractivity contribution >= 4 is 11.9 Å². The molecule has 0 amide bonds. The van der Waals surface area contributed by atoms with Crippen LogP contribution in [0.1, 0.15) is 37.8 Å². The first-order valence-electron chi connectivity index (χ1n) is 6.97. The van der Waals surface area contributed by atoms with Gasteiger partial charge < -0.3 is 25.8 Å². The van der Waals surface area contributed by atoms with E-state index in [2.05, 4.69) is 6.92 Å². The van der Waals surface area contributed by atoms with Gasteiger partial charge in [0, 0.05) is 0 Å². The second kappa shape index (κ2) is 11.5. The lowest BCUT2D eigenvalue weighted by molar-refractivity contribution is -0.159. The number of carboxylic acids is 2. The number of ether oxygens (including phenoxy) is 1. The molecule has 5 N–H and O–H groups in total. The highest BCUT2D eigenvalue weighted by Gasteiger charge is 2.04.